The molecule has 0 radical (unpaired) electrons. The number of nitrogens with one attached hydrogen (secondary N) is 2. The highest BCUT2D eigenvalue weighted by atomic mass is 16.4. The maximum atomic E-state index is 11.2. The summed E-state index contributed by atoms with van der Waals surface area (Å²) in [6, 6.07) is -1.15. The van der Waals surface area contributed by atoms with Crippen LogP contribution in [0.15, 0.2) is 0 Å². The quantitative estimate of drug-likeness (QED) is 0.440. The second-order valence-corrected chi connectivity index (χ2v) is 3.64. The van der Waals surface area contributed by atoms with Crippen molar-refractivity contribution in [3.63, 3.8) is 0 Å². The van der Waals surface area contributed by atoms with Gasteiger partial charge in [-0.2, -0.15) is 0 Å². The van der Waals surface area contributed by atoms with Crippen molar-refractivity contribution in [1.82, 2.24) is 10.6 Å². The number of amides is 2. The van der Waals surface area contributed by atoms with E-state index in [1.807, 2.05) is 0 Å². The molecule has 0 saturated heterocycles. The summed E-state index contributed by atoms with van der Waals surface area (Å²) in [5.74, 6) is -2.15. The number of carbonyl (C=O) groups excluding carboxylic acids is 2. The van der Waals surface area contributed by atoms with Crippen molar-refractivity contribution in [2.45, 2.75) is 32.4 Å². The molecule has 0 aliphatic heterocycles. The van der Waals surface area contributed by atoms with Crippen molar-refractivity contribution in [1.29, 1.82) is 0 Å². The van der Waals surface area contributed by atoms with Gasteiger partial charge >= 0.3 is 5.97 Å². The summed E-state index contributed by atoms with van der Waals surface area (Å²) in [6.07, 6.45) is -0.461. The van der Waals surface area contributed by atoms with Crippen LogP contribution in [0.3, 0.4) is 0 Å². The average molecular weight is 231 g/mol. The molecule has 0 spiro atoms. The summed E-state index contributed by atoms with van der Waals surface area (Å²) in [5, 5.41) is 13.2. The first-order valence-corrected chi connectivity index (χ1v) is 4.87. The van der Waals surface area contributed by atoms with Crippen molar-refractivity contribution < 1.29 is 19.5 Å². The third-order valence-electron chi connectivity index (χ3n) is 1.60. The summed E-state index contributed by atoms with van der Waals surface area (Å²) >= 11 is 0. The predicted molar refractivity (Wildman–Crippen MR) is 56.5 cm³/mol. The zero-order valence-electron chi connectivity index (χ0n) is 9.32. The van der Waals surface area contributed by atoms with Crippen LogP contribution in [0.1, 0.15) is 20.3 Å². The Kier molecular flexibility index (Phi) is 6.09. The number of hydrogen-bond acceptors (Lipinski definition) is 4. The topological polar surface area (TPSA) is 122 Å². The molecule has 2 amide bonds. The lowest BCUT2D eigenvalue weighted by Gasteiger charge is -2.11. The van der Waals surface area contributed by atoms with Gasteiger partial charge in [0, 0.05) is 6.04 Å². The van der Waals surface area contributed by atoms with Gasteiger partial charge in [-0.05, 0) is 13.8 Å². The van der Waals surface area contributed by atoms with E-state index in [0.717, 1.165) is 0 Å². The third kappa shape index (κ3) is 6.77. The minimum atomic E-state index is -1.16. The Morgan fingerprint density at radius 3 is 2.31 bits per heavy atom. The number of nitrogens with two attached hydrogens (primary N) is 1. The number of aliphatic carboxylic acids is 1. The first-order valence-electron chi connectivity index (χ1n) is 4.87. The molecule has 0 aliphatic rings. The van der Waals surface area contributed by atoms with Crippen LogP contribution in [0, 0.1) is 0 Å². The molecule has 1 unspecified atom stereocenters. The molecule has 0 aromatic carbocycles. The Bertz CT molecular complexity index is 278. The Balaban J connectivity index is 3.88. The van der Waals surface area contributed by atoms with Crippen LogP contribution in [0.2, 0.25) is 0 Å². The maximum absolute atomic E-state index is 11.2. The van der Waals surface area contributed by atoms with Gasteiger partial charge in [-0.25, -0.2) is 0 Å². The molecule has 7 heteroatoms. The van der Waals surface area contributed by atoms with Gasteiger partial charge in [-0.3, -0.25) is 14.4 Å². The van der Waals surface area contributed by atoms with Gasteiger partial charge in [0.1, 0.15) is 0 Å². The highest BCUT2D eigenvalue weighted by Crippen LogP contribution is 1.87. The van der Waals surface area contributed by atoms with Crippen molar-refractivity contribution in [2.24, 2.45) is 5.73 Å². The summed E-state index contributed by atoms with van der Waals surface area (Å²) in [4.78, 5) is 32.6. The zero-order valence-corrected chi connectivity index (χ0v) is 9.32. The number of carboxylic acids is 1. The van der Waals surface area contributed by atoms with Gasteiger partial charge in [-0.1, -0.05) is 0 Å². The lowest BCUT2D eigenvalue weighted by Crippen LogP contribution is -2.46. The summed E-state index contributed by atoms with van der Waals surface area (Å²) in [7, 11) is 0. The molecule has 0 saturated carbocycles. The van der Waals surface area contributed by atoms with Crippen molar-refractivity contribution in [3.8, 4) is 0 Å². The van der Waals surface area contributed by atoms with Crippen LogP contribution < -0.4 is 16.4 Å². The second-order valence-electron chi connectivity index (χ2n) is 3.64. The van der Waals surface area contributed by atoms with Crippen molar-refractivity contribution in [3.05, 3.63) is 0 Å². The second kappa shape index (κ2) is 6.78. The Morgan fingerprint density at radius 1 is 1.31 bits per heavy atom. The van der Waals surface area contributed by atoms with Crippen LogP contribution in [-0.2, 0) is 14.4 Å². The third-order valence-corrected chi connectivity index (χ3v) is 1.60. The van der Waals surface area contributed by atoms with E-state index < -0.39 is 24.3 Å². The smallest absolute Gasteiger partial charge is 0.305 e. The highest BCUT2D eigenvalue weighted by Gasteiger charge is 2.17. The normalized spacial score (nSPS) is 12.0. The van der Waals surface area contributed by atoms with E-state index in [2.05, 4.69) is 10.6 Å². The van der Waals surface area contributed by atoms with Crippen molar-refractivity contribution >= 4 is 17.8 Å². The van der Waals surface area contributed by atoms with Gasteiger partial charge < -0.3 is 21.5 Å². The lowest BCUT2D eigenvalue weighted by atomic mass is 10.2. The molecule has 0 bridgehead atoms. The van der Waals surface area contributed by atoms with Gasteiger partial charge in [0.2, 0.25) is 11.8 Å². The first kappa shape index (κ1) is 14.4. The SMILES string of the molecule is CC(C)NC(=O)CNC(=O)C(N)CC(=O)O. The number of carbonyl (C=O) groups is 3. The van der Waals surface area contributed by atoms with Crippen LogP contribution >= 0.6 is 0 Å². The Morgan fingerprint density at radius 2 is 1.88 bits per heavy atom. The molecule has 0 aromatic rings. The predicted octanol–water partition coefficient (Wildman–Crippen LogP) is -1.57. The standard InChI is InChI=1S/C9H17N3O4/c1-5(2)12-7(13)4-11-9(16)6(10)3-8(14)15/h5-6H,3-4,10H2,1-2H3,(H,11,16)(H,12,13)(H,14,15). The molecule has 5 N–H and O–H groups in total. The maximum Gasteiger partial charge on any atom is 0.305 e. The minimum absolute atomic E-state index is 0.0166. The molecule has 0 aromatic heterocycles. The van der Waals surface area contributed by atoms with Crippen LogP contribution in [0.5, 0.6) is 0 Å². The van der Waals surface area contributed by atoms with Gasteiger partial charge in [0.25, 0.3) is 0 Å². The molecular weight excluding hydrogens is 214 g/mol. The van der Waals surface area contributed by atoms with E-state index in [1.165, 1.54) is 0 Å². The fourth-order valence-electron chi connectivity index (χ4n) is 0.952. The molecule has 0 aliphatic carbocycles. The molecule has 0 rings (SSSR count). The van der Waals surface area contributed by atoms with Gasteiger partial charge in [0.05, 0.1) is 19.0 Å². The van der Waals surface area contributed by atoms with E-state index in [4.69, 9.17) is 10.8 Å². The molecule has 16 heavy (non-hydrogen) atoms. The van der Waals surface area contributed by atoms with E-state index in [0.29, 0.717) is 0 Å². The summed E-state index contributed by atoms with van der Waals surface area (Å²) in [5.41, 5.74) is 5.28. The van der Waals surface area contributed by atoms with Crippen LogP contribution in [0.25, 0.3) is 0 Å². The molecular formula is C9H17N3O4. The summed E-state index contributed by atoms with van der Waals surface area (Å²) in [6.45, 7) is 3.37. The van der Waals surface area contributed by atoms with E-state index in [1.54, 1.807) is 13.8 Å². The fourth-order valence-corrected chi connectivity index (χ4v) is 0.952. The lowest BCUT2D eigenvalue weighted by molar-refractivity contribution is -0.139. The van der Waals surface area contributed by atoms with Gasteiger partial charge in [0.15, 0.2) is 0 Å². The molecule has 92 valence electrons. The molecule has 0 heterocycles. The summed E-state index contributed by atoms with van der Waals surface area (Å²) < 4.78 is 0. The fraction of sp³-hybridized carbons (Fsp3) is 0.667. The van der Waals surface area contributed by atoms with E-state index in [9.17, 15) is 14.4 Å². The van der Waals surface area contributed by atoms with E-state index in [-0.39, 0.29) is 18.5 Å². The Hall–Kier alpha value is -1.63. The molecule has 1 atom stereocenters. The molecule has 7 nitrogen and oxygen atoms in total. The van der Waals surface area contributed by atoms with Crippen LogP contribution in [0.4, 0.5) is 0 Å². The van der Waals surface area contributed by atoms with Crippen molar-refractivity contribution in [2.75, 3.05) is 6.54 Å². The largest absolute Gasteiger partial charge is 0.481 e. The average Bonchev–Trinajstić information content (AvgIpc) is 2.11. The minimum Gasteiger partial charge on any atom is -0.481 e. The first-order chi connectivity index (χ1) is 7.32. The van der Waals surface area contributed by atoms with E-state index >= 15 is 0 Å². The number of rotatable bonds is 6. The Labute approximate surface area is 93.4 Å². The monoisotopic (exact) mass is 231 g/mol. The molecule has 0 fully saturated rings. The zero-order chi connectivity index (χ0) is 12.7. The number of carboxylic acid groups (broad SMARTS) is 1. The van der Waals surface area contributed by atoms with Gasteiger partial charge in [-0.15, -0.1) is 0 Å². The highest BCUT2D eigenvalue weighted by molar-refractivity contribution is 5.89. The number of hydrogen-bond donors (Lipinski definition) is 4. The van der Waals surface area contributed by atoms with Crippen LogP contribution in [-0.4, -0.2) is 41.5 Å².